The standard InChI is InChI=1S/C21H22ClN3O2/c1-11-6-12(22)7-18(26)19(11)16-8-15-14-4-3-5-17(14)25(20(15)24-23-16)13-9-21(2,27)10-13/h6-8,13,26-27H,3-5,9-10H2,1-2H3. The zero-order chi connectivity index (χ0) is 18.9. The van der Waals surface area contributed by atoms with Crippen molar-refractivity contribution in [2.45, 2.75) is 57.6 Å². The summed E-state index contributed by atoms with van der Waals surface area (Å²) in [5.74, 6) is 0.125. The molecule has 27 heavy (non-hydrogen) atoms. The lowest BCUT2D eigenvalue weighted by molar-refractivity contribution is -0.0504. The Morgan fingerprint density at radius 3 is 2.67 bits per heavy atom. The van der Waals surface area contributed by atoms with E-state index in [-0.39, 0.29) is 11.8 Å². The Labute approximate surface area is 162 Å². The number of rotatable bonds is 2. The highest BCUT2D eigenvalue weighted by Gasteiger charge is 2.42. The molecule has 0 aliphatic heterocycles. The van der Waals surface area contributed by atoms with Gasteiger partial charge in [-0.25, -0.2) is 0 Å². The maximum Gasteiger partial charge on any atom is 0.163 e. The Kier molecular flexibility index (Phi) is 3.59. The highest BCUT2D eigenvalue weighted by Crippen LogP contribution is 2.46. The van der Waals surface area contributed by atoms with Crippen LogP contribution in [0.25, 0.3) is 22.3 Å². The van der Waals surface area contributed by atoms with Crippen molar-refractivity contribution in [1.82, 2.24) is 14.8 Å². The number of fused-ring (bicyclic) bond motifs is 3. The van der Waals surface area contributed by atoms with Crippen LogP contribution in [-0.4, -0.2) is 30.6 Å². The molecule has 1 fully saturated rings. The van der Waals surface area contributed by atoms with E-state index in [0.29, 0.717) is 16.3 Å². The molecule has 5 nitrogen and oxygen atoms in total. The van der Waals surface area contributed by atoms with Gasteiger partial charge in [-0.1, -0.05) is 11.6 Å². The fourth-order valence-electron chi connectivity index (χ4n) is 4.91. The van der Waals surface area contributed by atoms with Gasteiger partial charge in [-0.2, -0.15) is 0 Å². The van der Waals surface area contributed by atoms with Crippen LogP contribution in [0.15, 0.2) is 18.2 Å². The molecule has 6 heteroatoms. The number of hydrogen-bond acceptors (Lipinski definition) is 4. The Balaban J connectivity index is 1.68. The minimum atomic E-state index is -0.577. The predicted molar refractivity (Wildman–Crippen MR) is 105 cm³/mol. The lowest BCUT2D eigenvalue weighted by Gasteiger charge is -2.42. The molecule has 0 amide bonds. The number of halogens is 1. The van der Waals surface area contributed by atoms with Gasteiger partial charge >= 0.3 is 0 Å². The number of aliphatic hydroxyl groups is 1. The van der Waals surface area contributed by atoms with Gasteiger partial charge in [-0.15, -0.1) is 10.2 Å². The minimum absolute atomic E-state index is 0.125. The first kappa shape index (κ1) is 17.0. The van der Waals surface area contributed by atoms with Gasteiger partial charge in [0.05, 0.1) is 11.3 Å². The quantitative estimate of drug-likeness (QED) is 0.690. The van der Waals surface area contributed by atoms with Gasteiger partial charge in [-0.3, -0.25) is 0 Å². The van der Waals surface area contributed by atoms with Crippen molar-refractivity contribution in [2.75, 3.05) is 0 Å². The van der Waals surface area contributed by atoms with E-state index in [1.54, 1.807) is 6.07 Å². The monoisotopic (exact) mass is 383 g/mol. The van der Waals surface area contributed by atoms with Crippen molar-refractivity contribution < 1.29 is 10.2 Å². The summed E-state index contributed by atoms with van der Waals surface area (Å²) in [7, 11) is 0. The Morgan fingerprint density at radius 2 is 1.96 bits per heavy atom. The van der Waals surface area contributed by atoms with E-state index in [4.69, 9.17) is 11.6 Å². The summed E-state index contributed by atoms with van der Waals surface area (Å²) in [6.07, 6.45) is 4.74. The molecule has 0 unspecified atom stereocenters. The smallest absolute Gasteiger partial charge is 0.163 e. The second-order valence-electron chi connectivity index (χ2n) is 8.29. The molecule has 2 heterocycles. The molecule has 2 aliphatic carbocycles. The molecule has 0 radical (unpaired) electrons. The summed E-state index contributed by atoms with van der Waals surface area (Å²) >= 11 is 6.05. The van der Waals surface area contributed by atoms with Crippen molar-refractivity contribution in [3.05, 3.63) is 40.0 Å². The summed E-state index contributed by atoms with van der Waals surface area (Å²) < 4.78 is 2.31. The van der Waals surface area contributed by atoms with Gasteiger partial charge in [0.25, 0.3) is 0 Å². The molecule has 1 aromatic carbocycles. The highest BCUT2D eigenvalue weighted by molar-refractivity contribution is 6.31. The molecule has 0 atom stereocenters. The minimum Gasteiger partial charge on any atom is -0.507 e. The third kappa shape index (κ3) is 2.56. The van der Waals surface area contributed by atoms with Gasteiger partial charge in [0, 0.05) is 27.7 Å². The van der Waals surface area contributed by atoms with Gasteiger partial charge in [0.2, 0.25) is 0 Å². The first-order valence-corrected chi connectivity index (χ1v) is 9.83. The zero-order valence-corrected chi connectivity index (χ0v) is 16.2. The van der Waals surface area contributed by atoms with Crippen molar-refractivity contribution >= 4 is 22.6 Å². The summed E-state index contributed by atoms with van der Waals surface area (Å²) in [5, 5.41) is 31.2. The molecule has 3 aromatic rings. The lowest BCUT2D eigenvalue weighted by atomic mass is 9.77. The lowest BCUT2D eigenvalue weighted by Crippen LogP contribution is -2.42. The zero-order valence-electron chi connectivity index (χ0n) is 15.5. The summed E-state index contributed by atoms with van der Waals surface area (Å²) in [6, 6.07) is 5.71. The van der Waals surface area contributed by atoms with Crippen LogP contribution >= 0.6 is 11.6 Å². The third-order valence-electron chi connectivity index (χ3n) is 6.06. The van der Waals surface area contributed by atoms with Crippen LogP contribution in [0, 0.1) is 6.92 Å². The van der Waals surface area contributed by atoms with Crippen molar-refractivity contribution in [2.24, 2.45) is 0 Å². The molecule has 1 saturated carbocycles. The number of hydrogen-bond donors (Lipinski definition) is 2. The first-order valence-electron chi connectivity index (χ1n) is 9.45. The van der Waals surface area contributed by atoms with E-state index in [0.717, 1.165) is 48.7 Å². The molecule has 0 bridgehead atoms. The number of aromatic hydroxyl groups is 1. The second kappa shape index (κ2) is 5.69. The van der Waals surface area contributed by atoms with Gasteiger partial charge < -0.3 is 14.8 Å². The van der Waals surface area contributed by atoms with Crippen LogP contribution in [0.1, 0.15) is 49.0 Å². The van der Waals surface area contributed by atoms with Crippen molar-refractivity contribution in [3.63, 3.8) is 0 Å². The third-order valence-corrected chi connectivity index (χ3v) is 6.28. The Morgan fingerprint density at radius 1 is 1.19 bits per heavy atom. The summed E-state index contributed by atoms with van der Waals surface area (Å²) in [4.78, 5) is 0. The Bertz CT molecular complexity index is 1060. The molecule has 5 rings (SSSR count). The largest absolute Gasteiger partial charge is 0.507 e. The highest BCUT2D eigenvalue weighted by atomic mass is 35.5. The maximum absolute atomic E-state index is 10.4. The average molecular weight is 384 g/mol. The molecule has 2 N–H and O–H groups in total. The van der Waals surface area contributed by atoms with E-state index >= 15 is 0 Å². The predicted octanol–water partition coefficient (Wildman–Crippen LogP) is 4.34. The van der Waals surface area contributed by atoms with E-state index in [9.17, 15) is 10.2 Å². The van der Waals surface area contributed by atoms with Crippen LogP contribution in [0.4, 0.5) is 0 Å². The molecule has 140 valence electrons. The van der Waals surface area contributed by atoms with Crippen molar-refractivity contribution in [3.8, 4) is 17.0 Å². The molecule has 0 spiro atoms. The van der Waals surface area contributed by atoms with Gasteiger partial charge in [-0.05, 0) is 75.3 Å². The van der Waals surface area contributed by atoms with E-state index < -0.39 is 5.60 Å². The van der Waals surface area contributed by atoms with Gasteiger partial charge in [0.15, 0.2) is 5.65 Å². The molecule has 0 saturated heterocycles. The van der Waals surface area contributed by atoms with E-state index in [1.165, 1.54) is 11.3 Å². The first-order chi connectivity index (χ1) is 12.8. The molecule has 2 aromatic heterocycles. The maximum atomic E-state index is 10.4. The average Bonchev–Trinajstić information content (AvgIpc) is 3.12. The van der Waals surface area contributed by atoms with Crippen LogP contribution in [0.5, 0.6) is 5.75 Å². The molecule has 2 aliphatic rings. The van der Waals surface area contributed by atoms with E-state index in [1.807, 2.05) is 19.9 Å². The molecular weight excluding hydrogens is 362 g/mol. The summed E-state index contributed by atoms with van der Waals surface area (Å²) in [5.41, 5.74) is 5.23. The molecular formula is C21H22ClN3O2. The van der Waals surface area contributed by atoms with Crippen LogP contribution in [0.3, 0.4) is 0 Å². The van der Waals surface area contributed by atoms with E-state index in [2.05, 4.69) is 20.8 Å². The van der Waals surface area contributed by atoms with Crippen LogP contribution in [-0.2, 0) is 12.8 Å². The number of phenolic OH excluding ortho intramolecular Hbond substituents is 1. The number of aryl methyl sites for hydroxylation is 2. The van der Waals surface area contributed by atoms with Crippen LogP contribution in [0.2, 0.25) is 5.02 Å². The van der Waals surface area contributed by atoms with Gasteiger partial charge in [0.1, 0.15) is 5.75 Å². The number of nitrogens with zero attached hydrogens (tertiary/aromatic N) is 3. The number of aromatic nitrogens is 3. The van der Waals surface area contributed by atoms with Crippen LogP contribution < -0.4 is 0 Å². The number of phenols is 1. The topological polar surface area (TPSA) is 71.2 Å². The van der Waals surface area contributed by atoms with Crippen molar-refractivity contribution in [1.29, 1.82) is 0 Å². The summed E-state index contributed by atoms with van der Waals surface area (Å²) in [6.45, 7) is 3.81. The SMILES string of the molecule is Cc1cc(Cl)cc(O)c1-c1cc2c3c(n(C4CC(C)(O)C4)c2nn1)CCC3. The second-order valence-corrected chi connectivity index (χ2v) is 8.73. The fourth-order valence-corrected chi connectivity index (χ4v) is 5.18. The normalized spacial score (nSPS) is 24.2. The number of benzene rings is 1. The fraction of sp³-hybridized carbons (Fsp3) is 0.429. The Hall–Kier alpha value is -2.11.